The molecule has 0 aromatic rings. The minimum Gasteiger partial charge on any atom is -0.481 e. The van der Waals surface area contributed by atoms with Crippen molar-refractivity contribution in [1.29, 1.82) is 0 Å². The average Bonchev–Trinajstić information content (AvgIpc) is 2.42. The van der Waals surface area contributed by atoms with Crippen molar-refractivity contribution < 1.29 is 50.1 Å². The monoisotopic (exact) mass is 298 g/mol. The van der Waals surface area contributed by atoms with E-state index in [1.54, 1.807) is 0 Å². The van der Waals surface area contributed by atoms with Crippen LogP contribution < -0.4 is 0 Å². The molecule has 0 aromatic carbocycles. The van der Waals surface area contributed by atoms with E-state index >= 15 is 0 Å². The van der Waals surface area contributed by atoms with E-state index < -0.39 is 49.2 Å². The van der Waals surface area contributed by atoms with Crippen LogP contribution in [0.2, 0.25) is 0 Å². The second kappa shape index (κ2) is 11.3. The molecule has 0 aliphatic heterocycles. The van der Waals surface area contributed by atoms with E-state index in [0.717, 1.165) is 0 Å². The Morgan fingerprint density at radius 3 is 1.50 bits per heavy atom. The Balaban J connectivity index is 0. The van der Waals surface area contributed by atoms with Gasteiger partial charge in [0.25, 0.3) is 0 Å². The summed E-state index contributed by atoms with van der Waals surface area (Å²) >= 11 is 0. The molecule has 10 heteroatoms. The first-order valence-corrected chi connectivity index (χ1v) is 5.39. The fourth-order valence-corrected chi connectivity index (χ4v) is 0.816. The summed E-state index contributed by atoms with van der Waals surface area (Å²) in [5.74, 6) is -3.16. The second-order valence-electron chi connectivity index (χ2n) is 3.60. The Morgan fingerprint density at radius 2 is 1.25 bits per heavy atom. The van der Waals surface area contributed by atoms with Gasteiger partial charge in [-0.1, -0.05) is 0 Å². The van der Waals surface area contributed by atoms with Crippen molar-refractivity contribution in [3.63, 3.8) is 0 Å². The number of carbonyl (C=O) groups excluding carboxylic acids is 1. The highest BCUT2D eigenvalue weighted by atomic mass is 16.4. The van der Waals surface area contributed by atoms with Gasteiger partial charge in [0.1, 0.15) is 24.9 Å². The normalized spacial score (nSPS) is 14.4. The van der Waals surface area contributed by atoms with Crippen molar-refractivity contribution in [2.75, 3.05) is 13.2 Å². The number of carboxylic acid groups (broad SMARTS) is 2. The molecule has 7 N–H and O–H groups in total. The number of rotatable bonds is 8. The third-order valence-electron chi connectivity index (χ3n) is 1.94. The molecule has 0 spiro atoms. The van der Waals surface area contributed by atoms with Crippen LogP contribution in [0.25, 0.3) is 0 Å². The van der Waals surface area contributed by atoms with E-state index in [4.69, 9.17) is 35.7 Å². The van der Waals surface area contributed by atoms with E-state index in [-0.39, 0.29) is 12.8 Å². The van der Waals surface area contributed by atoms with Gasteiger partial charge in [-0.15, -0.1) is 0 Å². The maximum atomic E-state index is 10.5. The van der Waals surface area contributed by atoms with Gasteiger partial charge in [-0.25, -0.2) is 0 Å². The quantitative estimate of drug-likeness (QED) is 0.237. The van der Waals surface area contributed by atoms with Crippen molar-refractivity contribution in [2.24, 2.45) is 0 Å². The lowest BCUT2D eigenvalue weighted by atomic mass is 10.1. The SMILES string of the molecule is O=C(CO)C(O)C(O)C(O)CO.O=C(O)CCC(=O)O. The molecule has 3 unspecified atom stereocenters. The number of ketones is 1. The highest BCUT2D eigenvalue weighted by Crippen LogP contribution is 2.00. The Morgan fingerprint density at radius 1 is 0.850 bits per heavy atom. The van der Waals surface area contributed by atoms with Crippen LogP contribution in [-0.2, 0) is 14.4 Å². The molecule has 0 aromatic heterocycles. The van der Waals surface area contributed by atoms with Crippen molar-refractivity contribution in [2.45, 2.75) is 31.2 Å². The zero-order valence-corrected chi connectivity index (χ0v) is 10.4. The van der Waals surface area contributed by atoms with E-state index in [9.17, 15) is 14.4 Å². The Kier molecular flexibility index (Phi) is 11.7. The first-order chi connectivity index (χ1) is 9.17. The van der Waals surface area contributed by atoms with Crippen LogP contribution in [0.15, 0.2) is 0 Å². The largest absolute Gasteiger partial charge is 0.481 e. The summed E-state index contributed by atoms with van der Waals surface area (Å²) in [4.78, 5) is 29.8. The summed E-state index contributed by atoms with van der Waals surface area (Å²) in [5, 5.41) is 58.9. The van der Waals surface area contributed by atoms with Crippen molar-refractivity contribution in [3.8, 4) is 0 Å². The molecule has 0 aliphatic carbocycles. The van der Waals surface area contributed by atoms with Gasteiger partial charge in [0.05, 0.1) is 19.4 Å². The Labute approximate surface area is 113 Å². The topological polar surface area (TPSA) is 193 Å². The van der Waals surface area contributed by atoms with E-state index in [1.807, 2.05) is 0 Å². The highest BCUT2D eigenvalue weighted by molar-refractivity contribution is 5.84. The van der Waals surface area contributed by atoms with Gasteiger partial charge in [-0.2, -0.15) is 0 Å². The summed E-state index contributed by atoms with van der Waals surface area (Å²) in [6.07, 6.45) is -5.81. The molecule has 0 rings (SSSR count). The third-order valence-corrected chi connectivity index (χ3v) is 1.94. The first-order valence-electron chi connectivity index (χ1n) is 5.39. The number of Topliss-reactive ketones (excluding diaryl/α,β-unsaturated/α-hetero) is 1. The summed E-state index contributed by atoms with van der Waals surface area (Å²) in [6.45, 7) is -1.69. The lowest BCUT2D eigenvalue weighted by molar-refractivity contribution is -0.143. The molecule has 0 aliphatic rings. The van der Waals surface area contributed by atoms with Gasteiger partial charge in [-0.05, 0) is 0 Å². The van der Waals surface area contributed by atoms with Crippen molar-refractivity contribution in [3.05, 3.63) is 0 Å². The number of aliphatic hydroxyl groups excluding tert-OH is 5. The van der Waals surface area contributed by atoms with Gasteiger partial charge >= 0.3 is 11.9 Å². The van der Waals surface area contributed by atoms with Crippen LogP contribution in [-0.4, -0.2) is 85.0 Å². The number of hydrogen-bond acceptors (Lipinski definition) is 8. The minimum absolute atomic E-state index is 0.296. The van der Waals surface area contributed by atoms with Crippen LogP contribution in [0.4, 0.5) is 0 Å². The zero-order chi connectivity index (χ0) is 16.3. The molecule has 0 fully saturated rings. The fraction of sp³-hybridized carbons (Fsp3) is 0.700. The van der Waals surface area contributed by atoms with Gasteiger partial charge in [0.2, 0.25) is 0 Å². The van der Waals surface area contributed by atoms with Gasteiger partial charge in [-0.3, -0.25) is 14.4 Å². The number of aliphatic hydroxyl groups is 5. The summed E-state index contributed by atoms with van der Waals surface area (Å²) in [7, 11) is 0. The smallest absolute Gasteiger partial charge is 0.303 e. The number of hydrogen-bond donors (Lipinski definition) is 7. The number of aliphatic carboxylic acids is 2. The number of carbonyl (C=O) groups is 3. The molecule has 10 nitrogen and oxygen atoms in total. The summed E-state index contributed by atoms with van der Waals surface area (Å²) < 4.78 is 0. The summed E-state index contributed by atoms with van der Waals surface area (Å²) in [5.41, 5.74) is 0. The number of carboxylic acids is 2. The molecular formula is C10H18O10. The molecule has 118 valence electrons. The molecular weight excluding hydrogens is 280 g/mol. The molecule has 0 bridgehead atoms. The van der Waals surface area contributed by atoms with Gasteiger partial charge < -0.3 is 35.7 Å². The second-order valence-corrected chi connectivity index (χ2v) is 3.60. The Bertz CT molecular complexity index is 301. The highest BCUT2D eigenvalue weighted by Gasteiger charge is 2.28. The molecule has 0 saturated heterocycles. The van der Waals surface area contributed by atoms with Gasteiger partial charge in [0.15, 0.2) is 5.78 Å². The van der Waals surface area contributed by atoms with Crippen molar-refractivity contribution in [1.82, 2.24) is 0 Å². The lowest BCUT2D eigenvalue weighted by Crippen LogP contribution is -2.44. The van der Waals surface area contributed by atoms with Crippen LogP contribution in [0, 0.1) is 0 Å². The molecule has 0 saturated carbocycles. The van der Waals surface area contributed by atoms with E-state index in [1.165, 1.54) is 0 Å². The molecule has 0 radical (unpaired) electrons. The standard InChI is InChI=1S/C6H12O6.C4H6O4/c7-1-3(9)5(11)6(12)4(10)2-8;5-3(6)1-2-4(7)8/h3,5-9,11-12H,1-2H2;1-2H2,(H,5,6)(H,7,8). The first kappa shape index (κ1) is 20.7. The summed E-state index contributed by atoms with van der Waals surface area (Å²) in [6, 6.07) is 0. The van der Waals surface area contributed by atoms with E-state index in [2.05, 4.69) is 0 Å². The molecule has 20 heavy (non-hydrogen) atoms. The average molecular weight is 298 g/mol. The van der Waals surface area contributed by atoms with Crippen LogP contribution in [0.1, 0.15) is 12.8 Å². The van der Waals surface area contributed by atoms with Crippen LogP contribution in [0.5, 0.6) is 0 Å². The van der Waals surface area contributed by atoms with Crippen molar-refractivity contribution >= 4 is 17.7 Å². The predicted molar refractivity (Wildman–Crippen MR) is 61.7 cm³/mol. The lowest BCUT2D eigenvalue weighted by Gasteiger charge is -2.19. The van der Waals surface area contributed by atoms with Crippen LogP contribution in [0.3, 0.4) is 0 Å². The van der Waals surface area contributed by atoms with Crippen LogP contribution >= 0.6 is 0 Å². The minimum atomic E-state index is -1.86. The van der Waals surface area contributed by atoms with Gasteiger partial charge in [0, 0.05) is 0 Å². The maximum absolute atomic E-state index is 10.5. The molecule has 0 heterocycles. The Hall–Kier alpha value is -1.59. The molecule has 0 amide bonds. The molecule has 3 atom stereocenters. The maximum Gasteiger partial charge on any atom is 0.303 e. The third kappa shape index (κ3) is 10.3. The fourth-order valence-electron chi connectivity index (χ4n) is 0.816. The predicted octanol–water partition coefficient (Wildman–Crippen LogP) is -3.44. The van der Waals surface area contributed by atoms with E-state index in [0.29, 0.717) is 0 Å². The zero-order valence-electron chi connectivity index (χ0n) is 10.4.